The molecule has 1 heterocycles. The van der Waals surface area contributed by atoms with Crippen LogP contribution in [0.25, 0.3) is 0 Å². The summed E-state index contributed by atoms with van der Waals surface area (Å²) in [6, 6.07) is 9.44. The van der Waals surface area contributed by atoms with Crippen molar-refractivity contribution in [1.29, 1.82) is 0 Å². The van der Waals surface area contributed by atoms with Gasteiger partial charge in [-0.25, -0.2) is 0 Å². The van der Waals surface area contributed by atoms with E-state index in [2.05, 4.69) is 32.3 Å². The molecule has 0 saturated carbocycles. The summed E-state index contributed by atoms with van der Waals surface area (Å²) in [6.45, 7) is 0. The Morgan fingerprint density at radius 3 is 2.95 bits per heavy atom. The Morgan fingerprint density at radius 1 is 1.35 bits per heavy atom. The van der Waals surface area contributed by atoms with Gasteiger partial charge < -0.3 is 5.32 Å². The predicted molar refractivity (Wildman–Crippen MR) is 85.8 cm³/mol. The van der Waals surface area contributed by atoms with E-state index in [-0.39, 0.29) is 5.91 Å². The number of carbonyl (C=O) groups is 1. The van der Waals surface area contributed by atoms with Crippen LogP contribution in [0.5, 0.6) is 0 Å². The number of amides is 1. The monoisotopic (exact) mass is 352 g/mol. The molecule has 0 spiro atoms. The van der Waals surface area contributed by atoms with Crippen LogP contribution in [0, 0.1) is 0 Å². The molecule has 1 aromatic carbocycles. The molecule has 0 unspecified atom stereocenters. The van der Waals surface area contributed by atoms with Crippen LogP contribution in [-0.2, 0) is 6.42 Å². The molecule has 20 heavy (non-hydrogen) atoms. The third kappa shape index (κ3) is 4.05. The zero-order valence-electron chi connectivity index (χ0n) is 10.8. The lowest BCUT2D eigenvalue weighted by Crippen LogP contribution is -2.12. The molecule has 5 heteroatoms. The van der Waals surface area contributed by atoms with Gasteiger partial charge in [-0.2, -0.15) is 0 Å². The Bertz CT molecular complexity index is 604. The highest BCUT2D eigenvalue weighted by atomic mass is 79.9. The Hall–Kier alpha value is -1.39. The average molecular weight is 354 g/mol. The Labute approximate surface area is 131 Å². The summed E-state index contributed by atoms with van der Waals surface area (Å²) in [6.07, 6.45) is 5.05. The largest absolute Gasteiger partial charge is 0.322 e. The maximum absolute atomic E-state index is 12.1. The predicted octanol–water partition coefficient (Wildman–Crippen LogP) is 4.31. The molecule has 1 amide bonds. The SMILES string of the molecule is O=C(Nc1cccc(CCCBr)c1)c1ccncc1Cl. The fourth-order valence-electron chi connectivity index (χ4n) is 1.83. The second-order valence-electron chi connectivity index (χ2n) is 4.30. The fourth-order valence-corrected chi connectivity index (χ4v) is 2.32. The van der Waals surface area contributed by atoms with Gasteiger partial charge in [0, 0.05) is 23.4 Å². The number of carbonyl (C=O) groups excluding carboxylic acids is 1. The second-order valence-corrected chi connectivity index (χ2v) is 5.50. The molecule has 2 aromatic rings. The van der Waals surface area contributed by atoms with Crippen LogP contribution in [0.15, 0.2) is 42.7 Å². The minimum absolute atomic E-state index is 0.227. The number of anilines is 1. The van der Waals surface area contributed by atoms with E-state index in [9.17, 15) is 4.79 Å². The summed E-state index contributed by atoms with van der Waals surface area (Å²) in [5.74, 6) is -0.227. The van der Waals surface area contributed by atoms with Crippen molar-refractivity contribution in [2.75, 3.05) is 10.6 Å². The third-order valence-electron chi connectivity index (χ3n) is 2.80. The summed E-state index contributed by atoms with van der Waals surface area (Å²) in [7, 11) is 0. The van der Waals surface area contributed by atoms with Gasteiger partial charge in [-0.05, 0) is 36.6 Å². The van der Waals surface area contributed by atoms with E-state index in [0.29, 0.717) is 10.6 Å². The lowest BCUT2D eigenvalue weighted by atomic mass is 10.1. The van der Waals surface area contributed by atoms with Crippen LogP contribution in [0.2, 0.25) is 5.02 Å². The first-order valence-electron chi connectivity index (χ1n) is 6.26. The van der Waals surface area contributed by atoms with E-state index in [1.165, 1.54) is 11.8 Å². The molecule has 0 atom stereocenters. The molecular formula is C15H14BrClN2O. The molecule has 0 bridgehead atoms. The highest BCUT2D eigenvalue weighted by Gasteiger charge is 2.10. The number of aromatic nitrogens is 1. The van der Waals surface area contributed by atoms with Gasteiger partial charge in [-0.3, -0.25) is 9.78 Å². The minimum Gasteiger partial charge on any atom is -0.322 e. The van der Waals surface area contributed by atoms with E-state index < -0.39 is 0 Å². The third-order valence-corrected chi connectivity index (χ3v) is 3.66. The van der Waals surface area contributed by atoms with Crippen LogP contribution in [0.4, 0.5) is 5.69 Å². The normalized spacial score (nSPS) is 10.3. The van der Waals surface area contributed by atoms with E-state index in [0.717, 1.165) is 23.9 Å². The number of hydrogen-bond acceptors (Lipinski definition) is 2. The van der Waals surface area contributed by atoms with Gasteiger partial charge in [0.25, 0.3) is 5.91 Å². The van der Waals surface area contributed by atoms with Crippen LogP contribution < -0.4 is 5.32 Å². The lowest BCUT2D eigenvalue weighted by molar-refractivity contribution is 0.102. The quantitative estimate of drug-likeness (QED) is 0.814. The van der Waals surface area contributed by atoms with Crippen molar-refractivity contribution in [3.63, 3.8) is 0 Å². The second kappa shape index (κ2) is 7.41. The average Bonchev–Trinajstić information content (AvgIpc) is 2.46. The number of benzene rings is 1. The van der Waals surface area contributed by atoms with Crippen molar-refractivity contribution in [3.8, 4) is 0 Å². The summed E-state index contributed by atoms with van der Waals surface area (Å²) in [5, 5.41) is 4.17. The molecule has 1 N–H and O–H groups in total. The van der Waals surface area contributed by atoms with Crippen molar-refractivity contribution < 1.29 is 4.79 Å². The molecule has 0 aliphatic carbocycles. The Morgan fingerprint density at radius 2 is 2.20 bits per heavy atom. The first-order valence-corrected chi connectivity index (χ1v) is 7.76. The van der Waals surface area contributed by atoms with Gasteiger partial charge in [0.15, 0.2) is 0 Å². The molecule has 0 radical (unpaired) electrons. The van der Waals surface area contributed by atoms with Crippen molar-refractivity contribution in [2.24, 2.45) is 0 Å². The smallest absolute Gasteiger partial charge is 0.257 e. The highest BCUT2D eigenvalue weighted by Crippen LogP contribution is 2.17. The van der Waals surface area contributed by atoms with Crippen LogP contribution in [0.1, 0.15) is 22.3 Å². The number of nitrogens with one attached hydrogen (secondary N) is 1. The van der Waals surface area contributed by atoms with E-state index in [1.54, 1.807) is 12.3 Å². The number of alkyl halides is 1. The van der Waals surface area contributed by atoms with Crippen molar-refractivity contribution in [2.45, 2.75) is 12.8 Å². The first-order chi connectivity index (χ1) is 9.70. The highest BCUT2D eigenvalue weighted by molar-refractivity contribution is 9.09. The molecular weight excluding hydrogens is 340 g/mol. The number of halogens is 2. The molecule has 2 rings (SSSR count). The van der Waals surface area contributed by atoms with Crippen LogP contribution >= 0.6 is 27.5 Å². The Balaban J connectivity index is 2.10. The Kier molecular flexibility index (Phi) is 5.56. The molecule has 3 nitrogen and oxygen atoms in total. The number of nitrogens with zero attached hydrogens (tertiary/aromatic N) is 1. The van der Waals surface area contributed by atoms with Crippen LogP contribution in [-0.4, -0.2) is 16.2 Å². The number of rotatable bonds is 5. The lowest BCUT2D eigenvalue weighted by Gasteiger charge is -2.08. The molecule has 0 saturated heterocycles. The maximum atomic E-state index is 12.1. The van der Waals surface area contributed by atoms with Crippen molar-refractivity contribution >= 4 is 39.1 Å². The fraction of sp³-hybridized carbons (Fsp3) is 0.200. The zero-order chi connectivity index (χ0) is 14.4. The number of hydrogen-bond donors (Lipinski definition) is 1. The van der Waals surface area contributed by atoms with Crippen molar-refractivity contribution in [3.05, 3.63) is 58.9 Å². The van der Waals surface area contributed by atoms with E-state index in [4.69, 9.17) is 11.6 Å². The van der Waals surface area contributed by atoms with Crippen LogP contribution in [0.3, 0.4) is 0 Å². The molecule has 0 aliphatic heterocycles. The van der Waals surface area contributed by atoms with Gasteiger partial charge in [0.05, 0.1) is 10.6 Å². The molecule has 1 aromatic heterocycles. The van der Waals surface area contributed by atoms with E-state index >= 15 is 0 Å². The summed E-state index contributed by atoms with van der Waals surface area (Å²) < 4.78 is 0. The van der Waals surface area contributed by atoms with Gasteiger partial charge in [-0.1, -0.05) is 39.7 Å². The summed E-state index contributed by atoms with van der Waals surface area (Å²) in [5.41, 5.74) is 2.39. The van der Waals surface area contributed by atoms with Gasteiger partial charge in [-0.15, -0.1) is 0 Å². The molecule has 0 aliphatic rings. The van der Waals surface area contributed by atoms with Gasteiger partial charge in [0.1, 0.15) is 0 Å². The molecule has 104 valence electrons. The number of pyridine rings is 1. The van der Waals surface area contributed by atoms with E-state index in [1.807, 2.05) is 18.2 Å². The topological polar surface area (TPSA) is 42.0 Å². The van der Waals surface area contributed by atoms with Crippen molar-refractivity contribution in [1.82, 2.24) is 4.98 Å². The summed E-state index contributed by atoms with van der Waals surface area (Å²) >= 11 is 9.37. The maximum Gasteiger partial charge on any atom is 0.257 e. The zero-order valence-corrected chi connectivity index (χ0v) is 13.1. The summed E-state index contributed by atoms with van der Waals surface area (Å²) in [4.78, 5) is 16.0. The van der Waals surface area contributed by atoms with Gasteiger partial charge >= 0.3 is 0 Å². The molecule has 0 fully saturated rings. The standard InChI is InChI=1S/C15H14BrClN2O/c16-7-2-4-11-3-1-5-12(9-11)19-15(20)13-6-8-18-10-14(13)17/h1,3,5-6,8-10H,2,4,7H2,(H,19,20). The first kappa shape index (κ1) is 15.0. The number of aryl methyl sites for hydroxylation is 1. The minimum atomic E-state index is -0.227. The van der Waals surface area contributed by atoms with Gasteiger partial charge in [0.2, 0.25) is 0 Å².